The van der Waals surface area contributed by atoms with Crippen molar-refractivity contribution < 1.29 is 0 Å². The summed E-state index contributed by atoms with van der Waals surface area (Å²) in [5, 5.41) is 2.17. The highest BCUT2D eigenvalue weighted by molar-refractivity contribution is 7.10. The molecule has 0 aliphatic heterocycles. The minimum atomic E-state index is 0.209. The molecule has 2 rings (SSSR count). The SMILES string of the molecule is Cc1ccsc1CC(CN)c1ccc(C(C)(C)C)cc1. The molecule has 1 heterocycles. The van der Waals surface area contributed by atoms with Gasteiger partial charge in [0.05, 0.1) is 0 Å². The minimum absolute atomic E-state index is 0.209. The number of aryl methyl sites for hydroxylation is 1. The maximum absolute atomic E-state index is 6.00. The Morgan fingerprint density at radius 1 is 1.10 bits per heavy atom. The fourth-order valence-corrected chi connectivity index (χ4v) is 3.42. The first kappa shape index (κ1) is 15.3. The monoisotopic (exact) mass is 287 g/mol. The number of rotatable bonds is 4. The molecule has 1 nitrogen and oxygen atoms in total. The Morgan fingerprint density at radius 3 is 2.20 bits per heavy atom. The van der Waals surface area contributed by atoms with Crippen LogP contribution >= 0.6 is 11.3 Å². The van der Waals surface area contributed by atoms with E-state index in [1.807, 2.05) is 11.3 Å². The summed E-state index contributed by atoms with van der Waals surface area (Å²) in [6.07, 6.45) is 1.05. The Bertz CT molecular complexity index is 546. The minimum Gasteiger partial charge on any atom is -0.330 e. The Morgan fingerprint density at radius 2 is 1.75 bits per heavy atom. The predicted octanol–water partition coefficient (Wildman–Crippen LogP) is 4.64. The van der Waals surface area contributed by atoms with Crippen LogP contribution in [0, 0.1) is 6.92 Å². The zero-order valence-corrected chi connectivity index (χ0v) is 13.8. The van der Waals surface area contributed by atoms with Crippen molar-refractivity contribution in [1.29, 1.82) is 0 Å². The Hall–Kier alpha value is -1.12. The number of thiophene rings is 1. The van der Waals surface area contributed by atoms with E-state index < -0.39 is 0 Å². The van der Waals surface area contributed by atoms with Crippen LogP contribution < -0.4 is 5.73 Å². The van der Waals surface area contributed by atoms with Crippen molar-refractivity contribution in [2.45, 2.75) is 45.4 Å². The van der Waals surface area contributed by atoms with E-state index in [4.69, 9.17) is 5.73 Å². The first-order chi connectivity index (χ1) is 9.41. The summed E-state index contributed by atoms with van der Waals surface area (Å²) in [4.78, 5) is 1.46. The van der Waals surface area contributed by atoms with Gasteiger partial charge in [0.25, 0.3) is 0 Å². The number of nitrogens with two attached hydrogens (primary N) is 1. The van der Waals surface area contributed by atoms with Crippen molar-refractivity contribution in [1.82, 2.24) is 0 Å². The average Bonchev–Trinajstić information content (AvgIpc) is 2.80. The molecule has 108 valence electrons. The van der Waals surface area contributed by atoms with Gasteiger partial charge in [-0.15, -0.1) is 11.3 Å². The largest absolute Gasteiger partial charge is 0.330 e. The van der Waals surface area contributed by atoms with Gasteiger partial charge in [-0.1, -0.05) is 45.0 Å². The summed E-state index contributed by atoms with van der Waals surface area (Å²) in [5.41, 5.74) is 10.3. The third-order valence-corrected chi connectivity index (χ3v) is 4.98. The summed E-state index contributed by atoms with van der Waals surface area (Å²) in [6.45, 7) is 9.63. The number of benzene rings is 1. The molecular formula is C18H25NS. The van der Waals surface area contributed by atoms with Crippen molar-refractivity contribution in [2.24, 2.45) is 5.73 Å². The lowest BCUT2D eigenvalue weighted by molar-refractivity contribution is 0.589. The van der Waals surface area contributed by atoms with Gasteiger partial charge >= 0.3 is 0 Å². The molecule has 0 amide bonds. The molecule has 0 aliphatic rings. The van der Waals surface area contributed by atoms with Gasteiger partial charge in [-0.2, -0.15) is 0 Å². The van der Waals surface area contributed by atoms with Gasteiger partial charge in [-0.05, 0) is 53.4 Å². The second-order valence-corrected chi connectivity index (χ2v) is 7.54. The maximum atomic E-state index is 6.00. The highest BCUT2D eigenvalue weighted by Gasteiger charge is 2.16. The van der Waals surface area contributed by atoms with Crippen molar-refractivity contribution in [3.8, 4) is 0 Å². The number of hydrogen-bond acceptors (Lipinski definition) is 2. The van der Waals surface area contributed by atoms with Gasteiger partial charge in [0.15, 0.2) is 0 Å². The highest BCUT2D eigenvalue weighted by atomic mass is 32.1. The standard InChI is InChI=1S/C18H25NS/c1-13-9-10-20-17(13)11-15(12-19)14-5-7-16(8-6-14)18(2,3)4/h5-10,15H,11-12,19H2,1-4H3. The zero-order chi connectivity index (χ0) is 14.8. The van der Waals surface area contributed by atoms with Crippen molar-refractivity contribution >= 4 is 11.3 Å². The van der Waals surface area contributed by atoms with Crippen LogP contribution in [-0.2, 0) is 11.8 Å². The van der Waals surface area contributed by atoms with Crippen LogP contribution in [-0.4, -0.2) is 6.54 Å². The molecule has 0 radical (unpaired) electrons. The van der Waals surface area contributed by atoms with E-state index >= 15 is 0 Å². The lowest BCUT2D eigenvalue weighted by Gasteiger charge is -2.21. The molecule has 0 saturated carbocycles. The molecule has 20 heavy (non-hydrogen) atoms. The van der Waals surface area contributed by atoms with E-state index in [-0.39, 0.29) is 5.41 Å². The molecule has 1 aromatic carbocycles. The Balaban J connectivity index is 2.18. The molecule has 1 atom stereocenters. The first-order valence-electron chi connectivity index (χ1n) is 7.25. The summed E-state index contributed by atoms with van der Waals surface area (Å²) >= 11 is 1.84. The molecular weight excluding hydrogens is 262 g/mol. The van der Waals surface area contributed by atoms with Gasteiger partial charge in [0, 0.05) is 10.8 Å². The van der Waals surface area contributed by atoms with Crippen LogP contribution in [0.5, 0.6) is 0 Å². The highest BCUT2D eigenvalue weighted by Crippen LogP contribution is 2.28. The maximum Gasteiger partial charge on any atom is 0.00809 e. The fraction of sp³-hybridized carbons (Fsp3) is 0.444. The molecule has 0 fully saturated rings. The smallest absolute Gasteiger partial charge is 0.00809 e. The molecule has 2 N–H and O–H groups in total. The predicted molar refractivity (Wildman–Crippen MR) is 89.7 cm³/mol. The molecule has 0 aliphatic carbocycles. The normalized spacial score (nSPS) is 13.4. The quantitative estimate of drug-likeness (QED) is 0.871. The van der Waals surface area contributed by atoms with Gasteiger partial charge in [-0.3, -0.25) is 0 Å². The molecule has 2 heteroatoms. The Labute approximate surface area is 126 Å². The first-order valence-corrected chi connectivity index (χ1v) is 8.13. The summed E-state index contributed by atoms with van der Waals surface area (Å²) < 4.78 is 0. The molecule has 1 unspecified atom stereocenters. The van der Waals surface area contributed by atoms with Crippen LogP contribution in [0.4, 0.5) is 0 Å². The fourth-order valence-electron chi connectivity index (χ4n) is 2.43. The van der Waals surface area contributed by atoms with E-state index in [0.717, 1.165) is 6.42 Å². The number of hydrogen-bond donors (Lipinski definition) is 1. The van der Waals surface area contributed by atoms with Crippen LogP contribution in [0.1, 0.15) is 48.3 Å². The van der Waals surface area contributed by atoms with Crippen molar-refractivity contribution in [2.75, 3.05) is 6.54 Å². The van der Waals surface area contributed by atoms with E-state index in [1.165, 1.54) is 21.6 Å². The van der Waals surface area contributed by atoms with Crippen LogP contribution in [0.2, 0.25) is 0 Å². The average molecular weight is 287 g/mol. The molecule has 2 aromatic rings. The molecule has 0 bridgehead atoms. The van der Waals surface area contributed by atoms with Gasteiger partial charge in [0.1, 0.15) is 0 Å². The zero-order valence-electron chi connectivity index (χ0n) is 12.9. The topological polar surface area (TPSA) is 26.0 Å². The third-order valence-electron chi connectivity index (χ3n) is 3.93. The lowest BCUT2D eigenvalue weighted by atomic mass is 9.85. The van der Waals surface area contributed by atoms with Crippen molar-refractivity contribution in [3.05, 3.63) is 57.3 Å². The molecule has 0 spiro atoms. The summed E-state index contributed by atoms with van der Waals surface area (Å²) in [5.74, 6) is 0.418. The van der Waals surface area contributed by atoms with Crippen LogP contribution in [0.15, 0.2) is 35.7 Å². The summed E-state index contributed by atoms with van der Waals surface area (Å²) in [7, 11) is 0. The second kappa shape index (κ2) is 6.11. The van der Waals surface area contributed by atoms with E-state index in [2.05, 4.69) is 63.4 Å². The Kier molecular flexibility index (Phi) is 4.66. The summed E-state index contributed by atoms with van der Waals surface area (Å²) in [6, 6.07) is 11.2. The van der Waals surface area contributed by atoms with Crippen LogP contribution in [0.3, 0.4) is 0 Å². The van der Waals surface area contributed by atoms with E-state index in [0.29, 0.717) is 12.5 Å². The van der Waals surface area contributed by atoms with E-state index in [9.17, 15) is 0 Å². The lowest BCUT2D eigenvalue weighted by Crippen LogP contribution is -2.16. The molecule has 1 aromatic heterocycles. The molecule has 0 saturated heterocycles. The third kappa shape index (κ3) is 3.50. The van der Waals surface area contributed by atoms with E-state index in [1.54, 1.807) is 0 Å². The van der Waals surface area contributed by atoms with Crippen molar-refractivity contribution in [3.63, 3.8) is 0 Å². The van der Waals surface area contributed by atoms with Gasteiger partial charge in [0.2, 0.25) is 0 Å². The van der Waals surface area contributed by atoms with Gasteiger partial charge < -0.3 is 5.73 Å². The van der Waals surface area contributed by atoms with Gasteiger partial charge in [-0.25, -0.2) is 0 Å². The second-order valence-electron chi connectivity index (χ2n) is 6.54. The van der Waals surface area contributed by atoms with Crippen LogP contribution in [0.25, 0.3) is 0 Å².